The first kappa shape index (κ1) is 21.6. The third kappa shape index (κ3) is 4.49. The highest BCUT2D eigenvalue weighted by atomic mass is 16.5. The predicted octanol–water partition coefficient (Wildman–Crippen LogP) is 5.19. The number of carbonyl (C=O) groups is 1. The van der Waals surface area contributed by atoms with Crippen molar-refractivity contribution in [3.05, 3.63) is 107 Å². The number of aliphatic imine (C=N–C) groups is 1. The van der Waals surface area contributed by atoms with E-state index >= 15 is 0 Å². The van der Waals surface area contributed by atoms with Crippen molar-refractivity contribution < 1.29 is 9.53 Å². The van der Waals surface area contributed by atoms with Gasteiger partial charge >= 0.3 is 5.97 Å². The van der Waals surface area contributed by atoms with Gasteiger partial charge in [0.15, 0.2) is 0 Å². The van der Waals surface area contributed by atoms with Crippen molar-refractivity contribution in [2.45, 2.75) is 30.8 Å². The zero-order valence-electron chi connectivity index (χ0n) is 19.0. The number of ether oxygens (including phenoxy) is 1. The highest BCUT2D eigenvalue weighted by molar-refractivity contribution is 5.92. The van der Waals surface area contributed by atoms with Gasteiger partial charge in [-0.1, -0.05) is 72.8 Å². The Morgan fingerprint density at radius 3 is 2.18 bits per heavy atom. The van der Waals surface area contributed by atoms with Gasteiger partial charge in [-0.15, -0.1) is 0 Å². The van der Waals surface area contributed by atoms with Crippen LogP contribution >= 0.6 is 0 Å². The van der Waals surface area contributed by atoms with Crippen molar-refractivity contribution >= 4 is 12.2 Å². The van der Waals surface area contributed by atoms with Gasteiger partial charge in [-0.2, -0.15) is 0 Å². The molecule has 3 aliphatic heterocycles. The lowest BCUT2D eigenvalue weighted by Gasteiger charge is -2.52. The second kappa shape index (κ2) is 9.72. The van der Waals surface area contributed by atoms with E-state index in [1.807, 2.05) is 24.4 Å². The topological polar surface area (TPSA) is 41.9 Å². The molecule has 2 atom stereocenters. The molecule has 0 amide bonds. The van der Waals surface area contributed by atoms with Crippen LogP contribution in [0.15, 0.2) is 89.9 Å². The molecule has 33 heavy (non-hydrogen) atoms. The van der Waals surface area contributed by atoms with Crippen molar-refractivity contribution in [3.8, 4) is 0 Å². The molecule has 2 bridgehead atoms. The van der Waals surface area contributed by atoms with E-state index in [4.69, 9.17) is 9.73 Å². The molecule has 3 aromatic rings. The summed E-state index contributed by atoms with van der Waals surface area (Å²) in [4.78, 5) is 19.8. The molecule has 168 valence electrons. The van der Waals surface area contributed by atoms with E-state index in [0.717, 1.165) is 18.7 Å². The summed E-state index contributed by atoms with van der Waals surface area (Å²) in [5, 5.41) is 0. The van der Waals surface area contributed by atoms with Gasteiger partial charge in [-0.25, -0.2) is 4.79 Å². The highest BCUT2D eigenvalue weighted by Crippen LogP contribution is 2.43. The summed E-state index contributed by atoms with van der Waals surface area (Å²) in [5.74, 6) is 0.521. The number of piperidine rings is 3. The molecule has 3 heterocycles. The fourth-order valence-electron chi connectivity index (χ4n) is 5.62. The summed E-state index contributed by atoms with van der Waals surface area (Å²) in [5.41, 5.74) is 4.17. The zero-order valence-corrected chi connectivity index (χ0v) is 19.0. The van der Waals surface area contributed by atoms with Crippen molar-refractivity contribution in [2.24, 2.45) is 10.9 Å². The van der Waals surface area contributed by atoms with Gasteiger partial charge in [0.1, 0.15) is 0 Å². The molecular weight excluding hydrogens is 408 g/mol. The van der Waals surface area contributed by atoms with Gasteiger partial charge in [0.05, 0.1) is 18.7 Å². The number of fused-ring (bicyclic) bond motifs is 3. The van der Waals surface area contributed by atoms with Crippen LogP contribution in [0.5, 0.6) is 0 Å². The van der Waals surface area contributed by atoms with Crippen LogP contribution in [-0.4, -0.2) is 49.4 Å². The average Bonchev–Trinajstić information content (AvgIpc) is 2.89. The first-order valence-electron chi connectivity index (χ1n) is 11.8. The standard InChI is InChI=1S/C29H30N2O2/c1-33-29(32)25-14-8-9-21(19-25)20-30-27-24-15-17-31(18-16-24)28(27)26(22-10-4-2-5-11-22)23-12-6-3-7-13-23/h2-14,19-20,24,26-28H,15-18H2,1H3/b30-20+/t27-,28+/m1/s1. The Morgan fingerprint density at radius 1 is 0.939 bits per heavy atom. The first-order chi connectivity index (χ1) is 16.2. The maximum absolute atomic E-state index is 12.0. The Bertz CT molecular complexity index is 1070. The summed E-state index contributed by atoms with van der Waals surface area (Å²) < 4.78 is 4.88. The van der Waals surface area contributed by atoms with E-state index in [1.54, 1.807) is 6.07 Å². The van der Waals surface area contributed by atoms with E-state index < -0.39 is 0 Å². The Kier molecular flexibility index (Phi) is 6.36. The number of carbonyl (C=O) groups excluding carboxylic acids is 1. The molecule has 3 aliphatic rings. The highest BCUT2D eigenvalue weighted by Gasteiger charge is 2.46. The molecule has 0 radical (unpaired) electrons. The van der Waals surface area contributed by atoms with Crippen LogP contribution in [0.3, 0.4) is 0 Å². The van der Waals surface area contributed by atoms with Crippen LogP contribution < -0.4 is 0 Å². The molecular formula is C29H30N2O2. The molecule has 3 fully saturated rings. The largest absolute Gasteiger partial charge is 0.465 e. The second-order valence-electron chi connectivity index (χ2n) is 9.05. The molecule has 4 nitrogen and oxygen atoms in total. The van der Waals surface area contributed by atoms with Gasteiger partial charge in [-0.3, -0.25) is 9.89 Å². The Balaban J connectivity index is 1.52. The van der Waals surface area contributed by atoms with Gasteiger partial charge < -0.3 is 4.74 Å². The lowest BCUT2D eigenvalue weighted by Crippen LogP contribution is -2.59. The lowest BCUT2D eigenvalue weighted by molar-refractivity contribution is 0.0215. The number of rotatable bonds is 6. The minimum absolute atomic E-state index is 0.208. The SMILES string of the molecule is COC(=O)c1cccc(/C=N/[C@@H]2C3CCN(CC3)[C@H]2C(c2ccccc2)c2ccccc2)c1. The Labute approximate surface area is 195 Å². The third-order valence-electron chi connectivity index (χ3n) is 7.19. The summed E-state index contributed by atoms with van der Waals surface area (Å²) >= 11 is 0. The van der Waals surface area contributed by atoms with Crippen molar-refractivity contribution in [3.63, 3.8) is 0 Å². The Hall–Kier alpha value is -3.24. The third-order valence-corrected chi connectivity index (χ3v) is 7.19. The molecule has 3 aromatic carbocycles. The van der Waals surface area contributed by atoms with Crippen molar-refractivity contribution in [2.75, 3.05) is 20.2 Å². The summed E-state index contributed by atoms with van der Waals surface area (Å²) in [6.45, 7) is 2.27. The number of methoxy groups -OCH3 is 1. The summed E-state index contributed by atoms with van der Waals surface area (Å²) in [6.07, 6.45) is 4.34. The number of hydrogen-bond acceptors (Lipinski definition) is 4. The van der Waals surface area contributed by atoms with Gasteiger partial charge in [0, 0.05) is 18.2 Å². The number of nitrogens with zero attached hydrogens (tertiary/aromatic N) is 2. The molecule has 0 aromatic heterocycles. The van der Waals surface area contributed by atoms with E-state index in [1.165, 1.54) is 31.1 Å². The van der Waals surface area contributed by atoms with Crippen LogP contribution in [0.25, 0.3) is 0 Å². The smallest absolute Gasteiger partial charge is 0.337 e. The van der Waals surface area contributed by atoms with Gasteiger partial charge in [0.25, 0.3) is 0 Å². The molecule has 3 saturated heterocycles. The fourth-order valence-corrected chi connectivity index (χ4v) is 5.62. The molecule has 0 spiro atoms. The lowest BCUT2D eigenvalue weighted by atomic mass is 9.71. The van der Waals surface area contributed by atoms with E-state index in [0.29, 0.717) is 17.5 Å². The molecule has 0 N–H and O–H groups in total. The first-order valence-corrected chi connectivity index (χ1v) is 11.8. The van der Waals surface area contributed by atoms with E-state index in [2.05, 4.69) is 65.6 Å². The minimum atomic E-state index is -0.320. The fraction of sp³-hybridized carbons (Fsp3) is 0.310. The predicted molar refractivity (Wildman–Crippen MR) is 132 cm³/mol. The van der Waals surface area contributed by atoms with Crippen LogP contribution in [-0.2, 0) is 4.74 Å². The summed E-state index contributed by atoms with van der Waals surface area (Å²) in [7, 11) is 1.41. The van der Waals surface area contributed by atoms with E-state index in [-0.39, 0.29) is 17.9 Å². The quantitative estimate of drug-likeness (QED) is 0.393. The second-order valence-corrected chi connectivity index (χ2v) is 9.05. The maximum atomic E-state index is 12.0. The molecule has 0 aliphatic carbocycles. The van der Waals surface area contributed by atoms with Crippen molar-refractivity contribution in [1.29, 1.82) is 0 Å². The average molecular weight is 439 g/mol. The van der Waals surface area contributed by atoms with Crippen LogP contribution in [0, 0.1) is 5.92 Å². The normalized spacial score (nSPS) is 24.3. The molecule has 6 rings (SSSR count). The van der Waals surface area contributed by atoms with Gasteiger partial charge in [-0.05, 0) is 60.7 Å². The number of esters is 1. The number of benzene rings is 3. The monoisotopic (exact) mass is 438 g/mol. The van der Waals surface area contributed by atoms with Crippen LogP contribution in [0.1, 0.15) is 45.8 Å². The minimum Gasteiger partial charge on any atom is -0.465 e. The van der Waals surface area contributed by atoms with E-state index in [9.17, 15) is 4.79 Å². The van der Waals surface area contributed by atoms with Gasteiger partial charge in [0.2, 0.25) is 0 Å². The maximum Gasteiger partial charge on any atom is 0.337 e. The van der Waals surface area contributed by atoms with Crippen molar-refractivity contribution in [1.82, 2.24) is 4.90 Å². The summed E-state index contributed by atoms with van der Waals surface area (Å²) in [6, 6.07) is 29.8. The zero-order chi connectivity index (χ0) is 22.6. The molecule has 0 unspecified atom stereocenters. The van der Waals surface area contributed by atoms with Crippen LogP contribution in [0.2, 0.25) is 0 Å². The molecule has 4 heteroatoms. The molecule has 0 saturated carbocycles. The van der Waals surface area contributed by atoms with Crippen LogP contribution in [0.4, 0.5) is 0 Å². The number of hydrogen-bond donors (Lipinski definition) is 0. The Morgan fingerprint density at radius 2 is 1.58 bits per heavy atom.